The molecule has 0 bridgehead atoms. The number of carboxylic acids is 2. The summed E-state index contributed by atoms with van der Waals surface area (Å²) in [5.41, 5.74) is 0.252. The monoisotopic (exact) mass is 373 g/mol. The molecular formula is C20H39NO5. The van der Waals surface area contributed by atoms with Crippen molar-refractivity contribution >= 4 is 11.9 Å². The summed E-state index contributed by atoms with van der Waals surface area (Å²) in [6.45, 7) is 8.77. The molecule has 0 radical (unpaired) electrons. The molecule has 1 aliphatic heterocycles. The standard InChI is InChI=1S/C10H21NO.C10H18O4/c1-9(2)6-8(12)7-10(3,4)11(9)5;11-9(12)7-5-3-1-2-4-6-8-10(13)14/h8,12H,6-7H2,1-5H3;1-8H2,(H,11,12)(H,13,14). The third-order valence-electron chi connectivity index (χ3n) is 5.32. The van der Waals surface area contributed by atoms with Gasteiger partial charge in [-0.1, -0.05) is 25.7 Å². The maximum absolute atomic E-state index is 10.1. The predicted octanol–water partition coefficient (Wildman–Crippen LogP) is 3.91. The maximum Gasteiger partial charge on any atom is 0.303 e. The Labute approximate surface area is 158 Å². The number of aliphatic carboxylic acids is 2. The first-order valence-electron chi connectivity index (χ1n) is 9.74. The molecule has 0 saturated carbocycles. The van der Waals surface area contributed by atoms with Gasteiger partial charge in [0.15, 0.2) is 0 Å². The molecule has 0 aromatic heterocycles. The Bertz CT molecular complexity index is 396. The lowest BCUT2D eigenvalue weighted by atomic mass is 9.79. The molecule has 1 aliphatic rings. The Morgan fingerprint density at radius 2 is 1.12 bits per heavy atom. The summed E-state index contributed by atoms with van der Waals surface area (Å²) in [7, 11) is 2.14. The van der Waals surface area contributed by atoms with Gasteiger partial charge in [0.2, 0.25) is 0 Å². The minimum atomic E-state index is -0.740. The van der Waals surface area contributed by atoms with E-state index in [1.165, 1.54) is 0 Å². The van der Waals surface area contributed by atoms with E-state index in [2.05, 4.69) is 39.6 Å². The van der Waals surface area contributed by atoms with Crippen LogP contribution in [0.3, 0.4) is 0 Å². The largest absolute Gasteiger partial charge is 0.481 e. The van der Waals surface area contributed by atoms with Gasteiger partial charge in [-0.2, -0.15) is 0 Å². The third-order valence-corrected chi connectivity index (χ3v) is 5.32. The number of piperidine rings is 1. The van der Waals surface area contributed by atoms with Crippen molar-refractivity contribution in [2.45, 2.75) is 109 Å². The molecule has 0 amide bonds. The Morgan fingerprint density at radius 3 is 1.42 bits per heavy atom. The second-order valence-corrected chi connectivity index (χ2v) is 8.65. The van der Waals surface area contributed by atoms with Crippen LogP contribution in [0.25, 0.3) is 0 Å². The lowest BCUT2D eigenvalue weighted by molar-refractivity contribution is -0.138. The van der Waals surface area contributed by atoms with Crippen LogP contribution >= 0.6 is 0 Å². The minimum Gasteiger partial charge on any atom is -0.481 e. The average molecular weight is 374 g/mol. The summed E-state index contributed by atoms with van der Waals surface area (Å²) in [6.07, 6.45) is 7.46. The van der Waals surface area contributed by atoms with E-state index in [1.54, 1.807) is 0 Å². The van der Waals surface area contributed by atoms with Crippen LogP contribution in [-0.4, -0.2) is 56.4 Å². The van der Waals surface area contributed by atoms with E-state index in [-0.39, 0.29) is 30.0 Å². The number of carbonyl (C=O) groups is 2. The first-order valence-corrected chi connectivity index (χ1v) is 9.74. The van der Waals surface area contributed by atoms with E-state index in [0.717, 1.165) is 51.4 Å². The van der Waals surface area contributed by atoms with Crippen LogP contribution < -0.4 is 0 Å². The van der Waals surface area contributed by atoms with E-state index >= 15 is 0 Å². The van der Waals surface area contributed by atoms with Gasteiger partial charge in [0, 0.05) is 23.9 Å². The first-order chi connectivity index (χ1) is 11.9. The molecule has 0 unspecified atom stereocenters. The highest BCUT2D eigenvalue weighted by atomic mass is 16.4. The highest BCUT2D eigenvalue weighted by Gasteiger charge is 2.42. The number of likely N-dealkylation sites (tertiary alicyclic amines) is 1. The van der Waals surface area contributed by atoms with Gasteiger partial charge in [0.05, 0.1) is 6.10 Å². The smallest absolute Gasteiger partial charge is 0.303 e. The number of aliphatic hydroxyl groups is 1. The number of hydrogen-bond donors (Lipinski definition) is 3. The van der Waals surface area contributed by atoms with Crippen LogP contribution in [0.1, 0.15) is 91.9 Å². The summed E-state index contributed by atoms with van der Waals surface area (Å²) < 4.78 is 0. The lowest BCUT2D eigenvalue weighted by Crippen LogP contribution is -2.59. The molecule has 0 atom stereocenters. The zero-order valence-electron chi connectivity index (χ0n) is 17.3. The number of carboxylic acid groups (broad SMARTS) is 2. The first kappa shape index (κ1) is 24.9. The van der Waals surface area contributed by atoms with Gasteiger partial charge in [-0.05, 0) is 60.4 Å². The molecule has 1 saturated heterocycles. The zero-order chi connectivity index (χ0) is 20.4. The molecule has 154 valence electrons. The molecule has 0 aromatic rings. The summed E-state index contributed by atoms with van der Waals surface area (Å²) in [4.78, 5) is 22.7. The van der Waals surface area contributed by atoms with Crippen LogP contribution in [-0.2, 0) is 9.59 Å². The summed E-state index contributed by atoms with van der Waals surface area (Å²) in [5.74, 6) is -1.48. The minimum absolute atomic E-state index is 0.126. The topological polar surface area (TPSA) is 98.1 Å². The summed E-state index contributed by atoms with van der Waals surface area (Å²) >= 11 is 0. The molecule has 1 rings (SSSR count). The number of hydrogen-bond acceptors (Lipinski definition) is 4. The van der Waals surface area contributed by atoms with Gasteiger partial charge in [0.25, 0.3) is 0 Å². The SMILES string of the molecule is CN1C(C)(C)CC(O)CC1(C)C.O=C(O)CCCCCCCCC(=O)O. The number of rotatable bonds is 9. The van der Waals surface area contributed by atoms with Crippen molar-refractivity contribution in [3.8, 4) is 0 Å². The quantitative estimate of drug-likeness (QED) is 0.530. The van der Waals surface area contributed by atoms with E-state index in [0.29, 0.717) is 0 Å². The fourth-order valence-corrected chi connectivity index (χ4v) is 3.58. The lowest BCUT2D eigenvalue weighted by Gasteiger charge is -2.52. The Balaban J connectivity index is 0.000000485. The molecule has 6 heteroatoms. The van der Waals surface area contributed by atoms with Crippen molar-refractivity contribution in [2.75, 3.05) is 7.05 Å². The van der Waals surface area contributed by atoms with E-state index < -0.39 is 11.9 Å². The van der Waals surface area contributed by atoms with Crippen LogP contribution in [0.4, 0.5) is 0 Å². The molecule has 1 heterocycles. The molecule has 26 heavy (non-hydrogen) atoms. The number of nitrogens with zero attached hydrogens (tertiary/aromatic N) is 1. The Kier molecular flexibility index (Phi) is 11.0. The fraction of sp³-hybridized carbons (Fsp3) is 0.900. The normalized spacial score (nSPS) is 19.5. The Morgan fingerprint density at radius 1 is 0.808 bits per heavy atom. The second kappa shape index (κ2) is 11.5. The molecule has 0 aromatic carbocycles. The van der Waals surface area contributed by atoms with Crippen LogP contribution in [0.2, 0.25) is 0 Å². The van der Waals surface area contributed by atoms with Gasteiger partial charge in [-0.25, -0.2) is 0 Å². The fourth-order valence-electron chi connectivity index (χ4n) is 3.58. The summed E-state index contributed by atoms with van der Waals surface area (Å²) in [5, 5.41) is 26.4. The molecular weight excluding hydrogens is 334 g/mol. The third kappa shape index (κ3) is 10.8. The van der Waals surface area contributed by atoms with Crippen molar-refractivity contribution in [1.82, 2.24) is 4.90 Å². The van der Waals surface area contributed by atoms with E-state index in [4.69, 9.17) is 10.2 Å². The predicted molar refractivity (Wildman–Crippen MR) is 103 cm³/mol. The second-order valence-electron chi connectivity index (χ2n) is 8.65. The van der Waals surface area contributed by atoms with Gasteiger partial charge in [-0.3, -0.25) is 14.5 Å². The summed E-state index contributed by atoms with van der Waals surface area (Å²) in [6, 6.07) is 0. The molecule has 1 fully saturated rings. The molecule has 6 nitrogen and oxygen atoms in total. The Hall–Kier alpha value is -1.14. The van der Waals surface area contributed by atoms with Crippen LogP contribution in [0.15, 0.2) is 0 Å². The van der Waals surface area contributed by atoms with Crippen molar-refractivity contribution in [1.29, 1.82) is 0 Å². The van der Waals surface area contributed by atoms with Crippen molar-refractivity contribution in [3.05, 3.63) is 0 Å². The highest BCUT2D eigenvalue weighted by molar-refractivity contribution is 5.66. The van der Waals surface area contributed by atoms with Gasteiger partial charge < -0.3 is 15.3 Å². The van der Waals surface area contributed by atoms with Crippen LogP contribution in [0.5, 0.6) is 0 Å². The number of aliphatic hydroxyl groups excluding tert-OH is 1. The molecule has 0 aliphatic carbocycles. The van der Waals surface area contributed by atoms with Crippen molar-refractivity contribution in [3.63, 3.8) is 0 Å². The molecule has 3 N–H and O–H groups in total. The highest BCUT2D eigenvalue weighted by Crippen LogP contribution is 2.36. The van der Waals surface area contributed by atoms with Gasteiger partial charge in [-0.15, -0.1) is 0 Å². The van der Waals surface area contributed by atoms with E-state index in [1.807, 2.05) is 0 Å². The van der Waals surface area contributed by atoms with Crippen LogP contribution in [0, 0.1) is 0 Å². The average Bonchev–Trinajstić information content (AvgIpc) is 2.46. The van der Waals surface area contributed by atoms with Crippen molar-refractivity contribution in [2.24, 2.45) is 0 Å². The zero-order valence-corrected chi connectivity index (χ0v) is 17.3. The van der Waals surface area contributed by atoms with Gasteiger partial charge >= 0.3 is 11.9 Å². The van der Waals surface area contributed by atoms with Gasteiger partial charge in [0.1, 0.15) is 0 Å². The molecule has 0 spiro atoms. The van der Waals surface area contributed by atoms with E-state index in [9.17, 15) is 14.7 Å². The number of unbranched alkanes of at least 4 members (excludes halogenated alkanes) is 5. The van der Waals surface area contributed by atoms with Crippen molar-refractivity contribution < 1.29 is 24.9 Å². The maximum atomic E-state index is 10.1.